The Bertz CT molecular complexity index is 3990. The molecule has 3 aromatic carbocycles. The third-order valence-electron chi connectivity index (χ3n) is 14.1. The predicted octanol–water partition coefficient (Wildman–Crippen LogP) is 10.2. The molecule has 0 aliphatic carbocycles. The molecule has 0 spiro atoms. The maximum absolute atomic E-state index is 13.3. The number of nitrogens with one attached hydrogen (secondary N) is 6. The second-order valence-electron chi connectivity index (χ2n) is 19.9. The van der Waals surface area contributed by atoms with Crippen LogP contribution in [-0.2, 0) is 45.0 Å². The fourth-order valence-corrected chi connectivity index (χ4v) is 17.0. The Balaban J connectivity index is 0.000000148. The van der Waals surface area contributed by atoms with E-state index in [0.29, 0.717) is 17.3 Å². The molecule has 12 rings (SSSR count). The quantitative estimate of drug-likeness (QED) is 0.0662. The molecule has 24 nitrogen and oxygen atoms in total. The van der Waals surface area contributed by atoms with Gasteiger partial charge in [0.2, 0.25) is 17.7 Å². The Kier molecular flexibility index (Phi) is 20.2. The van der Waals surface area contributed by atoms with Gasteiger partial charge in [-0.05, 0) is 110 Å². The van der Waals surface area contributed by atoms with Gasteiger partial charge in [-0.2, -0.15) is 52.3 Å². The lowest BCUT2D eigenvalue weighted by atomic mass is 10.1. The van der Waals surface area contributed by atoms with Crippen LogP contribution in [0.25, 0.3) is 31.9 Å². The molecule has 90 heavy (non-hydrogen) atoms. The predicted molar refractivity (Wildman–Crippen MR) is 332 cm³/mol. The molecule has 3 amide bonds. The van der Waals surface area contributed by atoms with Crippen molar-refractivity contribution in [3.05, 3.63) is 176 Å². The van der Waals surface area contributed by atoms with E-state index in [9.17, 15) is 52.8 Å². The molecule has 0 radical (unpaired) electrons. The third kappa shape index (κ3) is 15.2. The van der Waals surface area contributed by atoms with Crippen LogP contribution in [0.4, 0.5) is 30.2 Å². The average Bonchev–Trinajstić information content (AvgIpc) is 1.23. The topological polar surface area (TPSA) is 314 Å². The van der Waals surface area contributed by atoms with Crippen LogP contribution in [0.3, 0.4) is 0 Å². The number of anilines is 3. The number of aromatic nitrogens is 3. The number of thiophene rings is 3. The van der Waals surface area contributed by atoms with E-state index >= 15 is 0 Å². The molecule has 6 atom stereocenters. The number of rotatable bonds is 12. The van der Waals surface area contributed by atoms with E-state index in [1.165, 1.54) is 111 Å². The SMILES string of the molecule is CN1C(C(=O)Nc2ccc(F)c(Cl)c2)CC(c2ccc(-c3cnco3)s2)NS1(=O)=O.CN1[C@@H](C(=O)Nc2ccc(F)c(Cl)c2)C[C@@H](c2ccc(-c3cnco3)s2)NS1(=O)=O.CN1[C@H](C(=O)Nc2ccc(F)c(Cl)c2)C[C@H](c2ccc(-c3cnco3)s2)NS1(=O)=O. The van der Waals surface area contributed by atoms with Gasteiger partial charge in [-0.3, -0.25) is 14.4 Å². The van der Waals surface area contributed by atoms with E-state index < -0.39 is 102 Å². The van der Waals surface area contributed by atoms with Crippen molar-refractivity contribution in [3.8, 4) is 31.9 Å². The van der Waals surface area contributed by atoms with E-state index in [1.807, 2.05) is 18.2 Å². The van der Waals surface area contributed by atoms with Crippen LogP contribution in [0.1, 0.15) is 52.0 Å². The van der Waals surface area contributed by atoms with Crippen molar-refractivity contribution in [1.82, 2.24) is 42.0 Å². The fourth-order valence-electron chi connectivity index (χ4n) is 9.32. The van der Waals surface area contributed by atoms with Gasteiger partial charge in [0.15, 0.2) is 36.5 Å². The number of carbonyl (C=O) groups excluding carboxylic acids is 3. The summed E-state index contributed by atoms with van der Waals surface area (Å²) in [6.45, 7) is 0. The van der Waals surface area contributed by atoms with Crippen LogP contribution in [0.5, 0.6) is 0 Å². The number of hydrogen-bond donors (Lipinski definition) is 6. The van der Waals surface area contributed by atoms with Crippen molar-refractivity contribution in [1.29, 1.82) is 0 Å². The minimum absolute atomic E-state index is 0.143. The lowest BCUT2D eigenvalue weighted by Crippen LogP contribution is -2.55. The minimum Gasteiger partial charge on any atom is -0.443 e. The number of likely N-dealkylation sites (N-methyl/N-ethyl adjacent to an activating group) is 3. The summed E-state index contributed by atoms with van der Waals surface area (Å²) in [6.07, 6.45) is 9.25. The van der Waals surface area contributed by atoms with Crippen LogP contribution in [0.15, 0.2) is 142 Å². The van der Waals surface area contributed by atoms with E-state index in [2.05, 4.69) is 45.1 Å². The normalized spacial score (nSPS) is 21.4. The van der Waals surface area contributed by atoms with Gasteiger partial charge < -0.3 is 29.2 Å². The van der Waals surface area contributed by atoms with E-state index in [-0.39, 0.29) is 51.4 Å². The Morgan fingerprint density at radius 3 is 0.967 bits per heavy atom. The second kappa shape index (κ2) is 27.5. The molecule has 3 saturated heterocycles. The van der Waals surface area contributed by atoms with Gasteiger partial charge in [0, 0.05) is 52.8 Å². The Labute approximate surface area is 538 Å². The Hall–Kier alpha value is -6.93. The highest BCUT2D eigenvalue weighted by molar-refractivity contribution is 7.87. The lowest BCUT2D eigenvalue weighted by molar-refractivity contribution is -0.120. The third-order valence-corrected chi connectivity index (χ3v) is 23.4. The maximum Gasteiger partial charge on any atom is 0.280 e. The number of nitrogens with zero attached hydrogens (tertiary/aromatic N) is 6. The molecule has 9 heterocycles. The smallest absolute Gasteiger partial charge is 0.280 e. The largest absolute Gasteiger partial charge is 0.443 e. The molecule has 6 N–H and O–H groups in total. The molecule has 3 aliphatic rings. The van der Waals surface area contributed by atoms with Crippen LogP contribution in [-0.4, -0.2) is 110 Å². The monoisotopic (exact) mass is 1410 g/mol. The summed E-state index contributed by atoms with van der Waals surface area (Å²) in [4.78, 5) is 54.7. The number of halogens is 6. The fraction of sp³-hybridized carbons (Fsp3) is 0.222. The van der Waals surface area contributed by atoms with E-state index in [4.69, 9.17) is 48.1 Å². The van der Waals surface area contributed by atoms with Crippen molar-refractivity contribution in [3.63, 3.8) is 0 Å². The number of amides is 3. The molecule has 0 saturated carbocycles. The molecule has 36 heteroatoms. The van der Waals surface area contributed by atoms with Crippen LogP contribution < -0.4 is 30.1 Å². The molecule has 2 unspecified atom stereocenters. The zero-order valence-electron chi connectivity index (χ0n) is 46.5. The molecule has 474 valence electrons. The van der Waals surface area contributed by atoms with Crippen molar-refractivity contribution >= 4 is 134 Å². The van der Waals surface area contributed by atoms with Crippen LogP contribution >= 0.6 is 68.8 Å². The summed E-state index contributed by atoms with van der Waals surface area (Å²) in [6, 6.07) is 17.3. The summed E-state index contributed by atoms with van der Waals surface area (Å²) in [5, 5.41) is 7.38. The first-order valence-corrected chi connectivity index (χ1v) is 34.1. The Morgan fingerprint density at radius 1 is 0.467 bits per heavy atom. The maximum atomic E-state index is 13.3. The second-order valence-corrected chi connectivity index (χ2v) is 29.7. The first kappa shape index (κ1) is 66.0. The van der Waals surface area contributed by atoms with Crippen LogP contribution in [0, 0.1) is 17.5 Å². The first-order chi connectivity index (χ1) is 42.7. The van der Waals surface area contributed by atoms with Gasteiger partial charge in [-0.1, -0.05) is 34.8 Å². The van der Waals surface area contributed by atoms with E-state index in [1.54, 1.807) is 36.8 Å². The van der Waals surface area contributed by atoms with Crippen LogP contribution in [0.2, 0.25) is 15.1 Å². The van der Waals surface area contributed by atoms with Crippen molar-refractivity contribution in [2.75, 3.05) is 37.1 Å². The van der Waals surface area contributed by atoms with Gasteiger partial charge in [0.25, 0.3) is 30.6 Å². The highest BCUT2D eigenvalue weighted by atomic mass is 35.5. The van der Waals surface area contributed by atoms with E-state index in [0.717, 1.165) is 60.4 Å². The molecule has 3 aliphatic heterocycles. The van der Waals surface area contributed by atoms with Gasteiger partial charge in [-0.15, -0.1) is 34.0 Å². The number of benzene rings is 3. The highest BCUT2D eigenvalue weighted by Crippen LogP contribution is 2.40. The lowest BCUT2D eigenvalue weighted by Gasteiger charge is -2.35. The molecular formula is C54H48Cl3F3N12O12S6. The van der Waals surface area contributed by atoms with Crippen molar-refractivity contribution in [2.45, 2.75) is 55.5 Å². The minimum atomic E-state index is -3.90. The number of hydrogen-bond acceptors (Lipinski definition) is 18. The summed E-state index contributed by atoms with van der Waals surface area (Å²) in [5.41, 5.74) is 0.822. The standard InChI is InChI=1S/3C18H16ClFN4O4S2/c3*1-24-14(18(25)22-10-2-3-12(20)11(19)6-10)7-13(23-30(24,26)27)16-4-5-17(29-16)15-8-21-9-28-15/h3*2-6,8-9,13-14,23H,7H2,1H3,(H,22,25)/t2*13-,14+;/m10./s1. The van der Waals surface area contributed by atoms with Gasteiger partial charge in [0.1, 0.15) is 35.6 Å². The summed E-state index contributed by atoms with van der Waals surface area (Å²) < 4.78 is 142. The van der Waals surface area contributed by atoms with Crippen molar-refractivity contribution < 1.29 is 66.1 Å². The zero-order valence-corrected chi connectivity index (χ0v) is 53.7. The molecule has 0 bridgehead atoms. The zero-order chi connectivity index (χ0) is 64.4. The first-order valence-electron chi connectivity index (χ1n) is 26.2. The Morgan fingerprint density at radius 2 is 0.733 bits per heavy atom. The summed E-state index contributed by atoms with van der Waals surface area (Å²) >= 11 is 21.3. The summed E-state index contributed by atoms with van der Waals surface area (Å²) in [7, 11) is -7.71. The van der Waals surface area contributed by atoms with Gasteiger partial charge in [0.05, 0.1) is 66.4 Å². The molecule has 9 aromatic rings. The van der Waals surface area contributed by atoms with Gasteiger partial charge in [-0.25, -0.2) is 28.1 Å². The molecule has 3 fully saturated rings. The molecular weight excluding hydrogens is 1360 g/mol. The number of oxazole rings is 3. The number of carbonyl (C=O) groups is 3. The summed E-state index contributed by atoms with van der Waals surface area (Å²) in [5.74, 6) is -1.74. The molecule has 6 aromatic heterocycles. The van der Waals surface area contributed by atoms with Crippen molar-refractivity contribution in [2.24, 2.45) is 0 Å². The average molecular weight is 1410 g/mol. The van der Waals surface area contributed by atoms with Gasteiger partial charge >= 0.3 is 0 Å². The highest BCUT2D eigenvalue weighted by Gasteiger charge is 2.44.